The van der Waals surface area contributed by atoms with Gasteiger partial charge in [0.25, 0.3) is 0 Å². The van der Waals surface area contributed by atoms with E-state index in [-0.39, 0.29) is 12.4 Å². The summed E-state index contributed by atoms with van der Waals surface area (Å²) in [5.74, 6) is -0.762. The predicted octanol–water partition coefficient (Wildman–Crippen LogP) is 2.62. The van der Waals surface area contributed by atoms with Gasteiger partial charge in [-0.1, -0.05) is 11.6 Å². The van der Waals surface area contributed by atoms with Crippen LogP contribution in [0.25, 0.3) is 0 Å². The number of rotatable bonds is 4. The standard InChI is InChI=1S/C13H20O3/c1-6-7-13(8-10(2)3)11(14)9-15-12(4,5)16-13/h6H,1-2,7-9H2,3-5H3/t13-/m0/s1. The molecule has 0 radical (unpaired) electrons. The van der Waals surface area contributed by atoms with E-state index in [1.807, 2.05) is 20.8 Å². The lowest BCUT2D eigenvalue weighted by Crippen LogP contribution is -2.55. The summed E-state index contributed by atoms with van der Waals surface area (Å²) < 4.78 is 11.1. The third-order valence-electron chi connectivity index (χ3n) is 2.56. The van der Waals surface area contributed by atoms with Crippen molar-refractivity contribution in [3.8, 4) is 0 Å². The van der Waals surface area contributed by atoms with Gasteiger partial charge in [-0.05, 0) is 20.8 Å². The first-order valence-corrected chi connectivity index (χ1v) is 5.44. The van der Waals surface area contributed by atoms with Gasteiger partial charge in [0.2, 0.25) is 0 Å². The molecule has 1 fully saturated rings. The summed E-state index contributed by atoms with van der Waals surface area (Å²) in [4.78, 5) is 12.0. The molecule has 1 aliphatic rings. The topological polar surface area (TPSA) is 35.5 Å². The Bertz CT molecular complexity index is 317. The number of ketones is 1. The molecule has 16 heavy (non-hydrogen) atoms. The van der Waals surface area contributed by atoms with E-state index < -0.39 is 11.4 Å². The number of ether oxygens (including phenoxy) is 2. The molecule has 3 nitrogen and oxygen atoms in total. The Kier molecular flexibility index (Phi) is 3.71. The molecule has 0 aromatic heterocycles. The fourth-order valence-corrected chi connectivity index (χ4v) is 2.01. The van der Waals surface area contributed by atoms with Gasteiger partial charge in [0.1, 0.15) is 12.2 Å². The number of carbonyl (C=O) groups excluding carboxylic acids is 1. The van der Waals surface area contributed by atoms with Crippen LogP contribution in [0.2, 0.25) is 0 Å². The average molecular weight is 224 g/mol. The van der Waals surface area contributed by atoms with Crippen LogP contribution in [-0.4, -0.2) is 23.8 Å². The van der Waals surface area contributed by atoms with Crippen molar-refractivity contribution < 1.29 is 14.3 Å². The quantitative estimate of drug-likeness (QED) is 0.689. The molecule has 0 aromatic carbocycles. The van der Waals surface area contributed by atoms with E-state index in [9.17, 15) is 4.79 Å². The fourth-order valence-electron chi connectivity index (χ4n) is 2.01. The van der Waals surface area contributed by atoms with Gasteiger partial charge in [0.05, 0.1) is 0 Å². The summed E-state index contributed by atoms with van der Waals surface area (Å²) in [5, 5.41) is 0. The molecule has 1 heterocycles. The number of hydrogen-bond donors (Lipinski definition) is 0. The first kappa shape index (κ1) is 13.1. The molecule has 0 aromatic rings. The van der Waals surface area contributed by atoms with Crippen molar-refractivity contribution in [1.29, 1.82) is 0 Å². The first-order valence-electron chi connectivity index (χ1n) is 5.44. The molecule has 1 saturated heterocycles. The van der Waals surface area contributed by atoms with Crippen LogP contribution in [-0.2, 0) is 14.3 Å². The minimum atomic E-state index is -0.838. The van der Waals surface area contributed by atoms with E-state index in [0.717, 1.165) is 5.57 Å². The maximum absolute atomic E-state index is 12.0. The van der Waals surface area contributed by atoms with Crippen LogP contribution >= 0.6 is 0 Å². The Balaban J connectivity index is 2.99. The van der Waals surface area contributed by atoms with Crippen molar-refractivity contribution in [2.24, 2.45) is 0 Å². The van der Waals surface area contributed by atoms with Crippen molar-refractivity contribution in [2.75, 3.05) is 6.61 Å². The molecule has 0 aliphatic carbocycles. The minimum absolute atomic E-state index is 0.0327. The highest BCUT2D eigenvalue weighted by Crippen LogP contribution is 2.35. The van der Waals surface area contributed by atoms with Crippen molar-refractivity contribution in [3.63, 3.8) is 0 Å². The highest BCUT2D eigenvalue weighted by Gasteiger charge is 2.47. The largest absolute Gasteiger partial charge is 0.343 e. The van der Waals surface area contributed by atoms with Crippen molar-refractivity contribution >= 4 is 5.78 Å². The molecule has 1 aliphatic heterocycles. The Morgan fingerprint density at radius 3 is 2.69 bits per heavy atom. The van der Waals surface area contributed by atoms with Gasteiger partial charge in [-0.3, -0.25) is 4.79 Å². The highest BCUT2D eigenvalue weighted by atomic mass is 16.7. The second-order valence-electron chi connectivity index (χ2n) is 4.83. The minimum Gasteiger partial charge on any atom is -0.343 e. The second-order valence-corrected chi connectivity index (χ2v) is 4.83. The highest BCUT2D eigenvalue weighted by molar-refractivity contribution is 5.89. The van der Waals surface area contributed by atoms with Gasteiger partial charge in [-0.2, -0.15) is 0 Å². The number of Topliss-reactive ketones (excluding diaryl/α,β-unsaturated/α-hetero) is 1. The average Bonchev–Trinajstić information content (AvgIpc) is 2.11. The monoisotopic (exact) mass is 224 g/mol. The van der Waals surface area contributed by atoms with Crippen molar-refractivity contribution in [2.45, 2.75) is 45.0 Å². The Hall–Kier alpha value is -0.930. The van der Waals surface area contributed by atoms with E-state index in [4.69, 9.17) is 9.47 Å². The zero-order valence-electron chi connectivity index (χ0n) is 10.3. The van der Waals surface area contributed by atoms with Gasteiger partial charge < -0.3 is 9.47 Å². The third-order valence-corrected chi connectivity index (χ3v) is 2.56. The molecule has 0 unspecified atom stereocenters. The maximum Gasteiger partial charge on any atom is 0.191 e. The predicted molar refractivity (Wildman–Crippen MR) is 63.1 cm³/mol. The lowest BCUT2D eigenvalue weighted by atomic mass is 9.86. The van der Waals surface area contributed by atoms with Crippen LogP contribution in [0.3, 0.4) is 0 Å². The molecule has 0 bridgehead atoms. The summed E-state index contributed by atoms with van der Waals surface area (Å²) in [6.45, 7) is 13.2. The van der Waals surface area contributed by atoms with E-state index in [1.165, 1.54) is 0 Å². The van der Waals surface area contributed by atoms with Gasteiger partial charge in [-0.25, -0.2) is 0 Å². The van der Waals surface area contributed by atoms with E-state index in [1.54, 1.807) is 6.08 Å². The first-order chi connectivity index (χ1) is 7.31. The maximum atomic E-state index is 12.0. The molecule has 0 saturated carbocycles. The van der Waals surface area contributed by atoms with Crippen LogP contribution in [0.5, 0.6) is 0 Å². The van der Waals surface area contributed by atoms with E-state index in [0.29, 0.717) is 12.8 Å². The lowest BCUT2D eigenvalue weighted by Gasteiger charge is -2.43. The molecule has 90 valence electrons. The van der Waals surface area contributed by atoms with E-state index in [2.05, 4.69) is 13.2 Å². The summed E-state index contributed by atoms with van der Waals surface area (Å²) in [6.07, 6.45) is 2.72. The molecule has 1 atom stereocenters. The smallest absolute Gasteiger partial charge is 0.191 e. The molecule has 1 rings (SSSR count). The molecule has 0 N–H and O–H groups in total. The van der Waals surface area contributed by atoms with Crippen LogP contribution in [0.4, 0.5) is 0 Å². The third kappa shape index (κ3) is 2.80. The molecular weight excluding hydrogens is 204 g/mol. The summed E-state index contributed by atoms with van der Waals surface area (Å²) >= 11 is 0. The molecule has 0 spiro atoms. The Morgan fingerprint density at radius 1 is 1.56 bits per heavy atom. The van der Waals surface area contributed by atoms with Crippen LogP contribution in [0, 0.1) is 0 Å². The van der Waals surface area contributed by atoms with Crippen molar-refractivity contribution in [1.82, 2.24) is 0 Å². The Morgan fingerprint density at radius 2 is 2.19 bits per heavy atom. The van der Waals surface area contributed by atoms with Crippen LogP contribution in [0.1, 0.15) is 33.6 Å². The van der Waals surface area contributed by atoms with Crippen LogP contribution < -0.4 is 0 Å². The SMILES string of the molecule is C=CC[C@@]1(CC(=C)C)OC(C)(C)OCC1=O. The van der Waals surface area contributed by atoms with Gasteiger partial charge in [0, 0.05) is 12.8 Å². The number of carbonyl (C=O) groups is 1. The molecular formula is C13H20O3. The van der Waals surface area contributed by atoms with Gasteiger partial charge in [0.15, 0.2) is 11.6 Å². The number of hydrogen-bond acceptors (Lipinski definition) is 3. The summed E-state index contributed by atoms with van der Waals surface area (Å²) in [6, 6.07) is 0. The lowest BCUT2D eigenvalue weighted by molar-refractivity contribution is -0.287. The van der Waals surface area contributed by atoms with Crippen LogP contribution in [0.15, 0.2) is 24.8 Å². The Labute approximate surface area is 97.1 Å². The normalized spacial score (nSPS) is 28.8. The van der Waals surface area contributed by atoms with Crippen molar-refractivity contribution in [3.05, 3.63) is 24.8 Å². The molecule has 0 amide bonds. The summed E-state index contributed by atoms with van der Waals surface area (Å²) in [7, 11) is 0. The summed E-state index contributed by atoms with van der Waals surface area (Å²) in [5.41, 5.74) is 0.0860. The fraction of sp³-hybridized carbons (Fsp3) is 0.615. The zero-order chi connectivity index (χ0) is 12.4. The second kappa shape index (κ2) is 4.52. The van der Waals surface area contributed by atoms with Gasteiger partial charge >= 0.3 is 0 Å². The molecule has 3 heteroatoms. The van der Waals surface area contributed by atoms with Gasteiger partial charge in [-0.15, -0.1) is 13.2 Å². The zero-order valence-corrected chi connectivity index (χ0v) is 10.3. The van der Waals surface area contributed by atoms with E-state index >= 15 is 0 Å².